The predicted molar refractivity (Wildman–Crippen MR) is 145 cm³/mol. The van der Waals surface area contributed by atoms with Crippen LogP contribution in [0.2, 0.25) is 0 Å². The first kappa shape index (κ1) is 25.5. The first-order valence-electron chi connectivity index (χ1n) is 12.4. The average molecular weight is 540 g/mol. The molecule has 2 atom stereocenters. The van der Waals surface area contributed by atoms with Crippen LogP contribution >= 0.6 is 23.1 Å². The molecule has 37 heavy (non-hydrogen) atoms. The SMILES string of the molecule is COc1ccc(CCNC(=O)CSc2nc3ccc(N4C(=O)[C@H]5CCCC[C@H]5C4=O)cc3s2)cc1OC. The van der Waals surface area contributed by atoms with Crippen molar-refractivity contribution in [3.8, 4) is 11.5 Å². The number of carbonyl (C=O) groups is 3. The lowest BCUT2D eigenvalue weighted by molar-refractivity contribution is -0.122. The van der Waals surface area contributed by atoms with Gasteiger partial charge in [-0.1, -0.05) is 30.7 Å². The van der Waals surface area contributed by atoms with Crippen LogP contribution in [0.1, 0.15) is 31.2 Å². The van der Waals surface area contributed by atoms with E-state index >= 15 is 0 Å². The first-order valence-corrected chi connectivity index (χ1v) is 14.2. The third-order valence-corrected chi connectivity index (χ3v) is 9.12. The fourth-order valence-corrected chi connectivity index (χ4v) is 7.00. The van der Waals surface area contributed by atoms with Crippen LogP contribution in [0.25, 0.3) is 10.2 Å². The Morgan fingerprint density at radius 1 is 1.05 bits per heavy atom. The molecule has 3 amide bonds. The van der Waals surface area contributed by atoms with Gasteiger partial charge in [-0.15, -0.1) is 11.3 Å². The van der Waals surface area contributed by atoms with Crippen LogP contribution in [0, 0.1) is 11.8 Å². The van der Waals surface area contributed by atoms with E-state index in [0.29, 0.717) is 30.2 Å². The van der Waals surface area contributed by atoms with E-state index in [1.54, 1.807) is 20.3 Å². The zero-order valence-electron chi connectivity index (χ0n) is 20.8. The first-order chi connectivity index (χ1) is 18.0. The molecule has 8 nitrogen and oxygen atoms in total. The zero-order chi connectivity index (χ0) is 25.9. The second-order valence-corrected chi connectivity index (χ2v) is 11.5. The Hall–Kier alpha value is -3.11. The van der Waals surface area contributed by atoms with Gasteiger partial charge in [-0.3, -0.25) is 19.3 Å². The minimum atomic E-state index is -0.171. The van der Waals surface area contributed by atoms with Crippen LogP contribution in [-0.4, -0.2) is 49.2 Å². The summed E-state index contributed by atoms with van der Waals surface area (Å²) in [6, 6.07) is 11.2. The number of nitrogens with one attached hydrogen (secondary N) is 1. The topological polar surface area (TPSA) is 97.8 Å². The molecular formula is C27H29N3O5S2. The number of hydrogen-bond acceptors (Lipinski definition) is 8. The van der Waals surface area contributed by atoms with Gasteiger partial charge < -0.3 is 14.8 Å². The molecule has 194 valence electrons. The molecule has 0 unspecified atom stereocenters. The van der Waals surface area contributed by atoms with Gasteiger partial charge in [-0.25, -0.2) is 4.98 Å². The summed E-state index contributed by atoms with van der Waals surface area (Å²) < 4.78 is 12.3. The fourth-order valence-electron chi connectivity index (χ4n) is 5.07. The average Bonchev–Trinajstić information content (AvgIpc) is 3.44. The van der Waals surface area contributed by atoms with Crippen molar-refractivity contribution in [3.05, 3.63) is 42.0 Å². The van der Waals surface area contributed by atoms with E-state index in [1.165, 1.54) is 28.0 Å². The summed E-state index contributed by atoms with van der Waals surface area (Å²) in [4.78, 5) is 44.3. The molecule has 1 N–H and O–H groups in total. The second kappa shape index (κ2) is 11.1. The molecule has 0 spiro atoms. The second-order valence-electron chi connectivity index (χ2n) is 9.22. The van der Waals surface area contributed by atoms with Gasteiger partial charge in [-0.05, 0) is 55.2 Å². The van der Waals surface area contributed by atoms with Gasteiger partial charge in [-0.2, -0.15) is 0 Å². The van der Waals surface area contributed by atoms with Crippen molar-refractivity contribution in [1.82, 2.24) is 10.3 Å². The van der Waals surface area contributed by atoms with Gasteiger partial charge in [0.15, 0.2) is 15.8 Å². The standard InChI is InChI=1S/C27H29N3O5S2/c1-34-21-10-7-16(13-22(21)35-2)11-12-28-24(31)15-36-27-29-20-9-8-17(14-23(20)37-27)30-25(32)18-5-3-4-6-19(18)26(30)33/h7-10,13-14,18-19H,3-6,11-12,15H2,1-2H3,(H,28,31)/t18-,19+. The zero-order valence-corrected chi connectivity index (χ0v) is 22.5. The van der Waals surface area contributed by atoms with Crippen LogP contribution < -0.4 is 19.7 Å². The number of ether oxygens (including phenoxy) is 2. The molecule has 10 heteroatoms. The van der Waals surface area contributed by atoms with Crippen molar-refractivity contribution in [3.63, 3.8) is 0 Å². The highest BCUT2D eigenvalue weighted by Gasteiger charge is 2.48. The normalized spacial score (nSPS) is 19.2. The van der Waals surface area contributed by atoms with Crippen molar-refractivity contribution in [2.75, 3.05) is 31.4 Å². The molecule has 1 aliphatic carbocycles. The van der Waals surface area contributed by atoms with Gasteiger partial charge in [0.05, 0.1) is 47.7 Å². The number of aromatic nitrogens is 1. The number of hydrogen-bond donors (Lipinski definition) is 1. The summed E-state index contributed by atoms with van der Waals surface area (Å²) in [7, 11) is 3.20. The van der Waals surface area contributed by atoms with Crippen LogP contribution in [0.15, 0.2) is 40.7 Å². The van der Waals surface area contributed by atoms with Gasteiger partial charge in [0.2, 0.25) is 17.7 Å². The number of thiazole rings is 1. The Morgan fingerprint density at radius 2 is 1.78 bits per heavy atom. The number of benzene rings is 2. The summed E-state index contributed by atoms with van der Waals surface area (Å²) in [5.74, 6) is 1.04. The van der Waals surface area contributed by atoms with Crippen molar-refractivity contribution in [1.29, 1.82) is 0 Å². The van der Waals surface area contributed by atoms with Crippen LogP contribution in [0.5, 0.6) is 11.5 Å². The minimum absolute atomic E-state index is 0.0683. The Labute approximate surface area is 223 Å². The summed E-state index contributed by atoms with van der Waals surface area (Å²) in [6.07, 6.45) is 4.28. The Balaban J connectivity index is 1.16. The number of carbonyl (C=O) groups excluding carboxylic acids is 3. The smallest absolute Gasteiger partial charge is 0.237 e. The highest BCUT2D eigenvalue weighted by atomic mass is 32.2. The predicted octanol–water partition coefficient (Wildman–Crippen LogP) is 4.44. The lowest BCUT2D eigenvalue weighted by atomic mass is 9.81. The number of imide groups is 1. The molecule has 1 saturated heterocycles. The van der Waals surface area contributed by atoms with Gasteiger partial charge >= 0.3 is 0 Å². The van der Waals surface area contributed by atoms with Crippen LogP contribution in [0.3, 0.4) is 0 Å². The highest BCUT2D eigenvalue weighted by Crippen LogP contribution is 2.41. The summed E-state index contributed by atoms with van der Waals surface area (Å²) in [6.45, 7) is 0.512. The molecular weight excluding hydrogens is 510 g/mol. The minimum Gasteiger partial charge on any atom is -0.493 e. The molecule has 3 aromatic rings. The van der Waals surface area contributed by atoms with E-state index in [9.17, 15) is 14.4 Å². The summed E-state index contributed by atoms with van der Waals surface area (Å²) in [5.41, 5.74) is 2.45. The maximum Gasteiger partial charge on any atom is 0.237 e. The Bertz CT molecular complexity index is 1320. The number of amides is 3. The van der Waals surface area contributed by atoms with E-state index in [1.807, 2.05) is 30.3 Å². The Morgan fingerprint density at radius 3 is 2.49 bits per heavy atom. The lowest BCUT2D eigenvalue weighted by Crippen LogP contribution is -2.30. The molecule has 0 bridgehead atoms. The molecule has 2 aromatic carbocycles. The van der Waals surface area contributed by atoms with Gasteiger partial charge in [0, 0.05) is 6.54 Å². The number of fused-ring (bicyclic) bond motifs is 2. The van der Waals surface area contributed by atoms with Crippen LogP contribution in [0.4, 0.5) is 5.69 Å². The van der Waals surface area contributed by atoms with E-state index in [-0.39, 0.29) is 35.3 Å². The maximum absolute atomic E-state index is 12.9. The van der Waals surface area contributed by atoms with Crippen LogP contribution in [-0.2, 0) is 20.8 Å². The number of nitrogens with zero attached hydrogens (tertiary/aromatic N) is 2. The van der Waals surface area contributed by atoms with E-state index in [4.69, 9.17) is 9.47 Å². The van der Waals surface area contributed by atoms with Crippen molar-refractivity contribution >= 4 is 56.7 Å². The van der Waals surface area contributed by atoms with E-state index < -0.39 is 0 Å². The number of thioether (sulfide) groups is 1. The van der Waals surface area contributed by atoms with Crippen molar-refractivity contribution in [2.45, 2.75) is 36.4 Å². The van der Waals surface area contributed by atoms with Gasteiger partial charge in [0.25, 0.3) is 0 Å². The summed E-state index contributed by atoms with van der Waals surface area (Å²) in [5, 5.41) is 2.94. The fraction of sp³-hybridized carbons (Fsp3) is 0.407. The summed E-state index contributed by atoms with van der Waals surface area (Å²) >= 11 is 2.84. The molecule has 2 aliphatic rings. The quantitative estimate of drug-likeness (QED) is 0.317. The lowest BCUT2D eigenvalue weighted by Gasteiger charge is -2.19. The van der Waals surface area contributed by atoms with E-state index in [0.717, 1.165) is 45.8 Å². The molecule has 1 aromatic heterocycles. The molecule has 0 radical (unpaired) electrons. The molecule has 2 fully saturated rings. The highest BCUT2D eigenvalue weighted by molar-refractivity contribution is 8.01. The van der Waals surface area contributed by atoms with Crippen molar-refractivity contribution in [2.24, 2.45) is 11.8 Å². The Kier molecular flexibility index (Phi) is 7.66. The van der Waals surface area contributed by atoms with Crippen molar-refractivity contribution < 1.29 is 23.9 Å². The number of methoxy groups -OCH3 is 2. The van der Waals surface area contributed by atoms with Gasteiger partial charge in [0.1, 0.15) is 0 Å². The third kappa shape index (κ3) is 5.31. The maximum atomic E-state index is 12.9. The van der Waals surface area contributed by atoms with E-state index in [2.05, 4.69) is 10.3 Å². The molecule has 5 rings (SSSR count). The monoisotopic (exact) mass is 539 g/mol. The molecule has 1 saturated carbocycles. The third-order valence-electron chi connectivity index (χ3n) is 6.96. The molecule has 1 aliphatic heterocycles. The number of rotatable bonds is 9. The number of anilines is 1. The largest absolute Gasteiger partial charge is 0.493 e. The molecule has 2 heterocycles.